The maximum absolute atomic E-state index is 5.33. The van der Waals surface area contributed by atoms with E-state index in [1.165, 1.54) is 82.0 Å². The van der Waals surface area contributed by atoms with Crippen molar-refractivity contribution >= 4 is 43.1 Å². The van der Waals surface area contributed by atoms with Gasteiger partial charge in [0.05, 0.1) is 11.4 Å². The Kier molecular flexibility index (Phi) is 7.92. The highest BCUT2D eigenvalue weighted by atomic mass is 14.9. The lowest BCUT2D eigenvalue weighted by Gasteiger charge is -2.22. The van der Waals surface area contributed by atoms with E-state index in [0.717, 1.165) is 33.6 Å². The van der Waals surface area contributed by atoms with E-state index < -0.39 is 0 Å². The van der Waals surface area contributed by atoms with Crippen LogP contribution in [0.4, 0.5) is 0 Å². The van der Waals surface area contributed by atoms with Crippen molar-refractivity contribution in [1.29, 1.82) is 0 Å². The van der Waals surface area contributed by atoms with E-state index >= 15 is 0 Å². The van der Waals surface area contributed by atoms with Gasteiger partial charge >= 0.3 is 0 Å². The standard InChI is InChI=1S/C59H40N2/c1-59(2)52-27-13-26-49(57(52)51-34-42-17-3-4-18-43(42)35-53(51)59)50-33-32-39-16-7-10-23-46(39)56(50)40-28-30-41(31-29-40)58-60-54(47-24-11-19-37-14-5-8-21-44(37)47)36-55(61-58)48-25-12-20-38-15-6-9-22-45(38)48/h3-36H,1-2H3. The van der Waals surface area contributed by atoms with Gasteiger partial charge < -0.3 is 0 Å². The number of rotatable bonds is 5. The van der Waals surface area contributed by atoms with Crippen LogP contribution in [0.3, 0.4) is 0 Å². The molecule has 0 N–H and O–H groups in total. The van der Waals surface area contributed by atoms with Gasteiger partial charge in [-0.3, -0.25) is 0 Å². The van der Waals surface area contributed by atoms with E-state index in [1.54, 1.807) is 0 Å². The van der Waals surface area contributed by atoms with Crippen molar-refractivity contribution in [2.24, 2.45) is 0 Å². The summed E-state index contributed by atoms with van der Waals surface area (Å²) in [5.41, 5.74) is 15.1. The predicted octanol–water partition coefficient (Wildman–Crippen LogP) is 15.7. The maximum atomic E-state index is 5.33. The lowest BCUT2D eigenvalue weighted by molar-refractivity contribution is 0.661. The van der Waals surface area contributed by atoms with Crippen LogP contribution in [-0.2, 0) is 5.41 Å². The van der Waals surface area contributed by atoms with Gasteiger partial charge in [0.15, 0.2) is 5.82 Å². The average Bonchev–Trinajstić information content (AvgIpc) is 3.54. The molecule has 0 unspecified atom stereocenters. The van der Waals surface area contributed by atoms with Crippen LogP contribution < -0.4 is 0 Å². The highest BCUT2D eigenvalue weighted by Crippen LogP contribution is 2.54. The van der Waals surface area contributed by atoms with Crippen molar-refractivity contribution in [3.63, 3.8) is 0 Å². The first-order chi connectivity index (χ1) is 30.0. The second-order valence-corrected chi connectivity index (χ2v) is 16.9. The van der Waals surface area contributed by atoms with Gasteiger partial charge in [0.25, 0.3) is 0 Å². The summed E-state index contributed by atoms with van der Waals surface area (Å²) in [5, 5.41) is 9.71. The molecule has 0 aliphatic heterocycles. The smallest absolute Gasteiger partial charge is 0.160 e. The molecule has 1 aliphatic rings. The SMILES string of the molecule is CC1(C)c2cc3ccccc3cc2-c2c(-c3ccc4ccccc4c3-c3ccc(-c4nc(-c5cccc6ccccc56)cc(-c5cccc6ccccc56)n4)cc3)cccc21. The van der Waals surface area contributed by atoms with Crippen LogP contribution in [0.1, 0.15) is 25.0 Å². The van der Waals surface area contributed by atoms with Crippen molar-refractivity contribution in [3.8, 4) is 67.3 Å². The largest absolute Gasteiger partial charge is 0.228 e. The Hall–Kier alpha value is -7.68. The molecule has 1 aromatic heterocycles. The Bertz CT molecular complexity index is 3450. The highest BCUT2D eigenvalue weighted by Gasteiger charge is 2.37. The van der Waals surface area contributed by atoms with Crippen molar-refractivity contribution in [3.05, 3.63) is 217 Å². The first-order valence-corrected chi connectivity index (χ1v) is 21.1. The summed E-state index contributed by atoms with van der Waals surface area (Å²) in [6, 6.07) is 75.0. The van der Waals surface area contributed by atoms with Crippen LogP contribution in [-0.4, -0.2) is 9.97 Å². The van der Waals surface area contributed by atoms with E-state index in [2.05, 4.69) is 220 Å². The molecule has 10 aromatic carbocycles. The minimum Gasteiger partial charge on any atom is -0.228 e. The molecule has 286 valence electrons. The quantitative estimate of drug-likeness (QED) is 0.174. The molecule has 0 bridgehead atoms. The van der Waals surface area contributed by atoms with E-state index in [1.807, 2.05) is 0 Å². The van der Waals surface area contributed by atoms with Crippen LogP contribution in [0.2, 0.25) is 0 Å². The lowest BCUT2D eigenvalue weighted by atomic mass is 9.81. The van der Waals surface area contributed by atoms with Gasteiger partial charge in [-0.05, 0) is 106 Å². The molecule has 2 heteroatoms. The normalized spacial score (nSPS) is 12.9. The first kappa shape index (κ1) is 35.3. The lowest BCUT2D eigenvalue weighted by Crippen LogP contribution is -2.14. The molecule has 11 aromatic rings. The highest BCUT2D eigenvalue weighted by molar-refractivity contribution is 6.08. The van der Waals surface area contributed by atoms with Gasteiger partial charge in [0.1, 0.15) is 0 Å². The summed E-state index contributed by atoms with van der Waals surface area (Å²) in [6.45, 7) is 4.75. The van der Waals surface area contributed by atoms with Crippen molar-refractivity contribution < 1.29 is 0 Å². The summed E-state index contributed by atoms with van der Waals surface area (Å²) in [4.78, 5) is 10.7. The Balaban J connectivity index is 1.04. The molecule has 2 nitrogen and oxygen atoms in total. The summed E-state index contributed by atoms with van der Waals surface area (Å²) in [5.74, 6) is 0.699. The number of benzene rings is 10. The molecule has 0 atom stereocenters. The van der Waals surface area contributed by atoms with E-state index in [4.69, 9.17) is 9.97 Å². The zero-order chi connectivity index (χ0) is 40.7. The van der Waals surface area contributed by atoms with Crippen LogP contribution in [0.15, 0.2) is 206 Å². The van der Waals surface area contributed by atoms with Crippen molar-refractivity contribution in [2.45, 2.75) is 19.3 Å². The summed E-state index contributed by atoms with van der Waals surface area (Å²) >= 11 is 0. The minimum atomic E-state index is -0.130. The Labute approximate surface area is 355 Å². The summed E-state index contributed by atoms with van der Waals surface area (Å²) in [6.07, 6.45) is 0. The van der Waals surface area contributed by atoms with E-state index in [0.29, 0.717) is 5.82 Å². The third kappa shape index (κ3) is 5.64. The molecule has 0 amide bonds. The molecular formula is C59H40N2. The number of nitrogens with zero attached hydrogens (tertiary/aromatic N) is 2. The number of hydrogen-bond acceptors (Lipinski definition) is 2. The first-order valence-electron chi connectivity index (χ1n) is 21.1. The third-order valence-electron chi connectivity index (χ3n) is 13.1. The fraction of sp³-hybridized carbons (Fsp3) is 0.0508. The van der Waals surface area contributed by atoms with Crippen LogP contribution in [0, 0.1) is 0 Å². The number of aromatic nitrogens is 2. The Morgan fingerprint density at radius 3 is 1.43 bits per heavy atom. The zero-order valence-electron chi connectivity index (χ0n) is 34.0. The van der Waals surface area contributed by atoms with Gasteiger partial charge in [0.2, 0.25) is 0 Å². The Morgan fingerprint density at radius 1 is 0.311 bits per heavy atom. The molecule has 12 rings (SSSR count). The van der Waals surface area contributed by atoms with E-state index in [-0.39, 0.29) is 5.41 Å². The molecule has 1 heterocycles. The third-order valence-corrected chi connectivity index (χ3v) is 13.1. The minimum absolute atomic E-state index is 0.130. The molecular weight excluding hydrogens is 737 g/mol. The predicted molar refractivity (Wildman–Crippen MR) is 257 cm³/mol. The van der Waals surface area contributed by atoms with Gasteiger partial charge in [-0.15, -0.1) is 0 Å². The molecule has 0 radical (unpaired) electrons. The topological polar surface area (TPSA) is 25.8 Å². The van der Waals surface area contributed by atoms with Gasteiger partial charge in [-0.1, -0.05) is 202 Å². The number of hydrogen-bond donors (Lipinski definition) is 0. The second-order valence-electron chi connectivity index (χ2n) is 16.9. The molecule has 0 saturated carbocycles. The van der Waals surface area contributed by atoms with Gasteiger partial charge in [-0.2, -0.15) is 0 Å². The fourth-order valence-corrected chi connectivity index (χ4v) is 10.0. The van der Waals surface area contributed by atoms with Crippen LogP contribution in [0.25, 0.3) is 110 Å². The van der Waals surface area contributed by atoms with Gasteiger partial charge in [0, 0.05) is 22.1 Å². The average molecular weight is 777 g/mol. The van der Waals surface area contributed by atoms with Crippen LogP contribution in [0.5, 0.6) is 0 Å². The van der Waals surface area contributed by atoms with Crippen LogP contribution >= 0.6 is 0 Å². The van der Waals surface area contributed by atoms with E-state index in [9.17, 15) is 0 Å². The second kappa shape index (κ2) is 13.7. The number of fused-ring (bicyclic) bond motifs is 7. The van der Waals surface area contributed by atoms with Gasteiger partial charge in [-0.25, -0.2) is 9.97 Å². The monoisotopic (exact) mass is 776 g/mol. The zero-order valence-corrected chi connectivity index (χ0v) is 34.0. The fourth-order valence-electron chi connectivity index (χ4n) is 10.0. The molecule has 0 spiro atoms. The maximum Gasteiger partial charge on any atom is 0.160 e. The van der Waals surface area contributed by atoms with Crippen molar-refractivity contribution in [1.82, 2.24) is 9.97 Å². The summed E-state index contributed by atoms with van der Waals surface area (Å²) in [7, 11) is 0. The molecule has 0 fully saturated rings. The molecule has 0 saturated heterocycles. The molecule has 61 heavy (non-hydrogen) atoms. The molecule has 1 aliphatic carbocycles. The summed E-state index contributed by atoms with van der Waals surface area (Å²) < 4.78 is 0. The Morgan fingerprint density at radius 2 is 0.787 bits per heavy atom. The van der Waals surface area contributed by atoms with Crippen molar-refractivity contribution in [2.75, 3.05) is 0 Å².